The van der Waals surface area contributed by atoms with Gasteiger partial charge in [0.1, 0.15) is 0 Å². The minimum absolute atomic E-state index is 0.0534. The van der Waals surface area contributed by atoms with E-state index in [1.165, 1.54) is 57.8 Å². The molecule has 27 heavy (non-hydrogen) atoms. The van der Waals surface area contributed by atoms with E-state index in [4.69, 9.17) is 0 Å². The second kappa shape index (κ2) is 12.3. The Morgan fingerprint density at radius 3 is 2.11 bits per heavy atom. The number of carbonyl (C=O) groups is 1. The molecular formula is C25H35NO. The van der Waals surface area contributed by atoms with Crippen molar-refractivity contribution in [3.05, 3.63) is 54.6 Å². The summed E-state index contributed by atoms with van der Waals surface area (Å²) >= 11 is 0. The van der Waals surface area contributed by atoms with Crippen LogP contribution in [0.2, 0.25) is 0 Å². The van der Waals surface area contributed by atoms with Crippen LogP contribution in [0.3, 0.4) is 0 Å². The van der Waals surface area contributed by atoms with E-state index in [9.17, 15) is 4.79 Å². The second-order valence-electron chi connectivity index (χ2n) is 7.44. The topological polar surface area (TPSA) is 29.1 Å². The van der Waals surface area contributed by atoms with Crippen LogP contribution in [0, 0.1) is 0 Å². The zero-order valence-corrected chi connectivity index (χ0v) is 16.9. The monoisotopic (exact) mass is 365 g/mol. The maximum atomic E-state index is 12.4. The van der Waals surface area contributed by atoms with E-state index in [1.807, 2.05) is 30.3 Å². The molecule has 0 spiro atoms. The zero-order valence-electron chi connectivity index (χ0n) is 16.9. The van der Waals surface area contributed by atoms with Gasteiger partial charge < -0.3 is 5.32 Å². The number of rotatable bonds is 13. The van der Waals surface area contributed by atoms with Crippen molar-refractivity contribution >= 4 is 22.3 Å². The average molecular weight is 366 g/mol. The summed E-state index contributed by atoms with van der Waals surface area (Å²) in [6.07, 6.45) is 13.0. The van der Waals surface area contributed by atoms with E-state index in [0.29, 0.717) is 5.57 Å². The quantitative estimate of drug-likeness (QED) is 0.304. The standard InChI is InChI=1S/C25H35NO/c1-3-4-5-6-7-8-9-10-11-14-20-26-25(27)21(2)23-19-15-17-22-16-12-13-18-24(22)23/h12-13,15-19H,2-11,14,20H2,1H3,(H,26,27). The van der Waals surface area contributed by atoms with Crippen LogP contribution >= 0.6 is 0 Å². The van der Waals surface area contributed by atoms with Gasteiger partial charge in [0.2, 0.25) is 0 Å². The maximum Gasteiger partial charge on any atom is 0.251 e. The van der Waals surface area contributed by atoms with Crippen molar-refractivity contribution in [2.75, 3.05) is 6.54 Å². The number of nitrogens with one attached hydrogen (secondary N) is 1. The number of fused-ring (bicyclic) bond motifs is 1. The largest absolute Gasteiger partial charge is 0.352 e. The van der Waals surface area contributed by atoms with Crippen molar-refractivity contribution in [2.45, 2.75) is 71.1 Å². The Hall–Kier alpha value is -2.09. The van der Waals surface area contributed by atoms with Crippen LogP contribution in [-0.4, -0.2) is 12.5 Å². The molecule has 2 rings (SSSR count). The van der Waals surface area contributed by atoms with Crippen molar-refractivity contribution in [1.82, 2.24) is 5.32 Å². The first-order valence-electron chi connectivity index (χ1n) is 10.7. The second-order valence-corrected chi connectivity index (χ2v) is 7.44. The first kappa shape index (κ1) is 21.2. The molecule has 0 bridgehead atoms. The number of amides is 1. The molecule has 0 heterocycles. The fourth-order valence-corrected chi connectivity index (χ4v) is 3.53. The molecule has 0 atom stereocenters. The van der Waals surface area contributed by atoms with E-state index in [2.05, 4.69) is 31.0 Å². The minimum Gasteiger partial charge on any atom is -0.352 e. The summed E-state index contributed by atoms with van der Waals surface area (Å²) in [5, 5.41) is 5.25. The van der Waals surface area contributed by atoms with Gasteiger partial charge in [0.15, 0.2) is 0 Å². The number of carbonyl (C=O) groups excluding carboxylic acids is 1. The SMILES string of the molecule is C=C(C(=O)NCCCCCCCCCCCC)c1cccc2ccccc12. The number of unbranched alkanes of at least 4 members (excludes halogenated alkanes) is 9. The van der Waals surface area contributed by atoms with Gasteiger partial charge in [-0.3, -0.25) is 4.79 Å². The van der Waals surface area contributed by atoms with Crippen molar-refractivity contribution in [3.63, 3.8) is 0 Å². The summed E-state index contributed by atoms with van der Waals surface area (Å²) in [6.45, 7) is 7.03. The lowest BCUT2D eigenvalue weighted by atomic mass is 9.99. The Morgan fingerprint density at radius 1 is 0.815 bits per heavy atom. The molecule has 0 aliphatic rings. The van der Waals surface area contributed by atoms with Crippen LogP contribution in [0.15, 0.2) is 49.0 Å². The van der Waals surface area contributed by atoms with Crippen molar-refractivity contribution in [1.29, 1.82) is 0 Å². The van der Waals surface area contributed by atoms with E-state index in [0.717, 1.165) is 29.3 Å². The number of hydrogen-bond acceptors (Lipinski definition) is 1. The molecular weight excluding hydrogens is 330 g/mol. The lowest BCUT2D eigenvalue weighted by Gasteiger charge is -2.10. The predicted octanol–water partition coefficient (Wildman–Crippen LogP) is 6.89. The first-order chi connectivity index (χ1) is 13.2. The van der Waals surface area contributed by atoms with Gasteiger partial charge in [0.25, 0.3) is 5.91 Å². The van der Waals surface area contributed by atoms with Crippen LogP contribution in [0.25, 0.3) is 16.3 Å². The molecule has 0 radical (unpaired) electrons. The third-order valence-electron chi connectivity index (χ3n) is 5.20. The van der Waals surface area contributed by atoms with Gasteiger partial charge in [-0.1, -0.05) is 114 Å². The van der Waals surface area contributed by atoms with E-state index in [-0.39, 0.29) is 5.91 Å². The predicted molar refractivity (Wildman–Crippen MR) is 118 cm³/mol. The van der Waals surface area contributed by atoms with Gasteiger partial charge in [-0.2, -0.15) is 0 Å². The van der Waals surface area contributed by atoms with Crippen molar-refractivity contribution in [3.8, 4) is 0 Å². The van der Waals surface area contributed by atoms with Crippen LogP contribution in [0.5, 0.6) is 0 Å². The summed E-state index contributed by atoms with van der Waals surface area (Å²) in [7, 11) is 0. The Labute approximate surface area is 165 Å². The Bertz CT molecular complexity index is 714. The van der Waals surface area contributed by atoms with Gasteiger partial charge in [0, 0.05) is 12.1 Å². The van der Waals surface area contributed by atoms with Gasteiger partial charge >= 0.3 is 0 Å². The summed E-state index contributed by atoms with van der Waals surface area (Å²) in [5.41, 5.74) is 1.48. The fourth-order valence-electron chi connectivity index (χ4n) is 3.53. The van der Waals surface area contributed by atoms with Gasteiger partial charge in [-0.25, -0.2) is 0 Å². The molecule has 0 aromatic heterocycles. The smallest absolute Gasteiger partial charge is 0.251 e. The van der Waals surface area contributed by atoms with Crippen LogP contribution in [0.4, 0.5) is 0 Å². The van der Waals surface area contributed by atoms with Crippen molar-refractivity contribution in [2.24, 2.45) is 0 Å². The lowest BCUT2D eigenvalue weighted by Crippen LogP contribution is -2.25. The highest BCUT2D eigenvalue weighted by Gasteiger charge is 2.11. The summed E-state index contributed by atoms with van der Waals surface area (Å²) in [5.74, 6) is -0.0534. The molecule has 1 N–H and O–H groups in total. The molecule has 1 amide bonds. The fraction of sp³-hybridized carbons (Fsp3) is 0.480. The van der Waals surface area contributed by atoms with Gasteiger partial charge in [0.05, 0.1) is 0 Å². The molecule has 146 valence electrons. The highest BCUT2D eigenvalue weighted by atomic mass is 16.1. The molecule has 0 fully saturated rings. The third kappa shape index (κ3) is 7.21. The molecule has 2 nitrogen and oxygen atoms in total. The van der Waals surface area contributed by atoms with Crippen molar-refractivity contribution < 1.29 is 4.79 Å². The van der Waals surface area contributed by atoms with Crippen LogP contribution in [0.1, 0.15) is 76.7 Å². The van der Waals surface area contributed by atoms with Gasteiger partial charge in [-0.05, 0) is 22.8 Å². The molecule has 0 aliphatic carbocycles. The number of hydrogen-bond donors (Lipinski definition) is 1. The average Bonchev–Trinajstić information content (AvgIpc) is 2.71. The molecule has 0 aliphatic heterocycles. The van der Waals surface area contributed by atoms with Gasteiger partial charge in [-0.15, -0.1) is 0 Å². The highest BCUT2D eigenvalue weighted by Crippen LogP contribution is 2.24. The number of benzene rings is 2. The molecule has 2 aromatic carbocycles. The highest BCUT2D eigenvalue weighted by molar-refractivity contribution is 6.21. The van der Waals surface area contributed by atoms with E-state index >= 15 is 0 Å². The van der Waals surface area contributed by atoms with Crippen LogP contribution in [-0.2, 0) is 4.79 Å². The maximum absolute atomic E-state index is 12.4. The molecule has 2 aromatic rings. The Morgan fingerprint density at radius 2 is 1.41 bits per heavy atom. The summed E-state index contributed by atoms with van der Waals surface area (Å²) in [4.78, 5) is 12.4. The Kier molecular flexibility index (Phi) is 9.68. The molecule has 0 saturated carbocycles. The minimum atomic E-state index is -0.0534. The molecule has 2 heteroatoms. The van der Waals surface area contributed by atoms with E-state index < -0.39 is 0 Å². The van der Waals surface area contributed by atoms with E-state index in [1.54, 1.807) is 0 Å². The summed E-state index contributed by atoms with van der Waals surface area (Å²) < 4.78 is 0. The Balaban J connectivity index is 1.62. The lowest BCUT2D eigenvalue weighted by molar-refractivity contribution is -0.115. The molecule has 0 saturated heterocycles. The summed E-state index contributed by atoms with van der Waals surface area (Å²) in [6, 6.07) is 14.1. The normalized spacial score (nSPS) is 10.9. The third-order valence-corrected chi connectivity index (χ3v) is 5.20. The first-order valence-corrected chi connectivity index (χ1v) is 10.7. The van der Waals surface area contributed by atoms with Crippen LogP contribution < -0.4 is 5.32 Å². The zero-order chi connectivity index (χ0) is 19.3. The molecule has 0 unspecified atom stereocenters.